The lowest BCUT2D eigenvalue weighted by molar-refractivity contribution is -0.0720. The third kappa shape index (κ3) is 5.79. The van der Waals surface area contributed by atoms with Gasteiger partial charge < -0.3 is 18.9 Å². The third-order valence-corrected chi connectivity index (χ3v) is 5.44. The highest BCUT2D eigenvalue weighted by Crippen LogP contribution is 2.34. The van der Waals surface area contributed by atoms with E-state index in [4.69, 9.17) is 18.9 Å². The van der Waals surface area contributed by atoms with E-state index in [2.05, 4.69) is 4.98 Å². The normalized spacial score (nSPS) is 20.2. The molecule has 3 aromatic rings. The molecule has 0 N–H and O–H groups in total. The Hall–Kier alpha value is -3.06. The number of rotatable bonds is 9. The zero-order valence-electron chi connectivity index (χ0n) is 18.1. The Morgan fingerprint density at radius 1 is 0.969 bits per heavy atom. The Morgan fingerprint density at radius 3 is 2.28 bits per heavy atom. The fourth-order valence-corrected chi connectivity index (χ4v) is 3.71. The number of nitrogens with zero attached hydrogens (tertiary/aromatic N) is 1. The molecule has 6 heteroatoms. The fourth-order valence-electron chi connectivity index (χ4n) is 3.71. The number of benzene rings is 2. The molecule has 1 fully saturated rings. The van der Waals surface area contributed by atoms with E-state index in [1.165, 1.54) is 13.3 Å². The molecule has 166 valence electrons. The molecule has 2 heterocycles. The van der Waals surface area contributed by atoms with Crippen molar-refractivity contribution in [3.8, 4) is 0 Å². The first kappa shape index (κ1) is 22.1. The maximum atomic E-state index is 11.7. The molecule has 2 aromatic carbocycles. The van der Waals surface area contributed by atoms with Crippen molar-refractivity contribution in [1.82, 2.24) is 4.98 Å². The van der Waals surface area contributed by atoms with Crippen molar-refractivity contribution in [1.29, 1.82) is 0 Å². The highest BCUT2D eigenvalue weighted by atomic mass is 16.6. The number of carbonyl (C=O) groups is 1. The Bertz CT molecular complexity index is 978. The number of methoxy groups -OCH3 is 1. The van der Waals surface area contributed by atoms with E-state index in [1.807, 2.05) is 60.7 Å². The summed E-state index contributed by atoms with van der Waals surface area (Å²) in [7, 11) is 1.35. The topological polar surface area (TPSA) is 66.9 Å². The van der Waals surface area contributed by atoms with Gasteiger partial charge in [0.05, 0.1) is 44.3 Å². The molecule has 0 spiro atoms. The molecule has 1 aliphatic rings. The highest BCUT2D eigenvalue weighted by molar-refractivity contribution is 5.88. The summed E-state index contributed by atoms with van der Waals surface area (Å²) in [5, 5.41) is 0. The smallest absolute Gasteiger partial charge is 0.339 e. The van der Waals surface area contributed by atoms with E-state index in [1.54, 1.807) is 12.1 Å². The average Bonchev–Trinajstić information content (AvgIpc) is 3.26. The Labute approximate surface area is 188 Å². The zero-order chi connectivity index (χ0) is 22.2. The Balaban J connectivity index is 1.40. The van der Waals surface area contributed by atoms with E-state index in [0.29, 0.717) is 31.8 Å². The number of ether oxygens (including phenoxy) is 4. The summed E-state index contributed by atoms with van der Waals surface area (Å²) in [4.78, 5) is 16.1. The molecular weight excluding hydrogens is 406 g/mol. The molecule has 0 aliphatic carbocycles. The second-order valence-electron chi connectivity index (χ2n) is 7.70. The number of pyridine rings is 1. The van der Waals surface area contributed by atoms with Crippen molar-refractivity contribution in [2.45, 2.75) is 37.9 Å². The maximum absolute atomic E-state index is 11.7. The van der Waals surface area contributed by atoms with Crippen LogP contribution in [0.2, 0.25) is 0 Å². The van der Waals surface area contributed by atoms with Crippen LogP contribution in [0, 0.1) is 0 Å². The minimum Gasteiger partial charge on any atom is -0.465 e. The molecular formula is C26H27NO5. The molecule has 1 aromatic heterocycles. The van der Waals surface area contributed by atoms with E-state index in [0.717, 1.165) is 16.8 Å². The van der Waals surface area contributed by atoms with Crippen molar-refractivity contribution in [2.24, 2.45) is 0 Å². The lowest BCUT2D eigenvalue weighted by Crippen LogP contribution is -2.29. The van der Waals surface area contributed by atoms with Crippen LogP contribution in [0.1, 0.15) is 39.7 Å². The van der Waals surface area contributed by atoms with E-state index >= 15 is 0 Å². The van der Waals surface area contributed by atoms with Crippen LogP contribution < -0.4 is 0 Å². The van der Waals surface area contributed by atoms with E-state index in [9.17, 15) is 4.79 Å². The van der Waals surface area contributed by atoms with Gasteiger partial charge in [0.2, 0.25) is 0 Å². The summed E-state index contributed by atoms with van der Waals surface area (Å²) in [5.41, 5.74) is 3.40. The van der Waals surface area contributed by atoms with Gasteiger partial charge in [-0.1, -0.05) is 60.7 Å². The molecule has 4 rings (SSSR count). The molecule has 0 saturated carbocycles. The predicted molar refractivity (Wildman–Crippen MR) is 119 cm³/mol. The summed E-state index contributed by atoms with van der Waals surface area (Å²) in [6.07, 6.45) is 1.61. The lowest BCUT2D eigenvalue weighted by atomic mass is 10.1. The Morgan fingerprint density at radius 2 is 1.66 bits per heavy atom. The standard InChI is InChI=1S/C26H27NO5/c1-29-26(28)21-12-13-22(27-15-21)23-14-24(31-17-20-10-6-3-7-11-20)25(32-23)18-30-16-19-8-4-2-5-9-19/h2-13,15,23-25H,14,16-18H2,1H3/t23-,24-,25+/m0/s1. The monoisotopic (exact) mass is 433 g/mol. The molecule has 0 unspecified atom stereocenters. The van der Waals surface area contributed by atoms with Crippen molar-refractivity contribution in [3.63, 3.8) is 0 Å². The second kappa shape index (κ2) is 11.0. The van der Waals surface area contributed by atoms with Gasteiger partial charge in [-0.3, -0.25) is 4.98 Å². The van der Waals surface area contributed by atoms with Gasteiger partial charge in [0.15, 0.2) is 0 Å². The minimum atomic E-state index is -0.410. The Kier molecular flexibility index (Phi) is 7.61. The highest BCUT2D eigenvalue weighted by Gasteiger charge is 2.37. The fraction of sp³-hybridized carbons (Fsp3) is 0.308. The minimum absolute atomic E-state index is 0.127. The molecule has 32 heavy (non-hydrogen) atoms. The van der Waals surface area contributed by atoms with Crippen molar-refractivity contribution in [3.05, 3.63) is 101 Å². The first-order chi connectivity index (χ1) is 15.7. The van der Waals surface area contributed by atoms with Crippen molar-refractivity contribution < 1.29 is 23.7 Å². The molecule has 0 bridgehead atoms. The van der Waals surface area contributed by atoms with E-state index < -0.39 is 5.97 Å². The predicted octanol–water partition coefficient (Wildman–Crippen LogP) is 4.50. The summed E-state index contributed by atoms with van der Waals surface area (Å²) >= 11 is 0. The quantitative estimate of drug-likeness (QED) is 0.463. The van der Waals surface area contributed by atoms with Crippen LogP contribution in [0.5, 0.6) is 0 Å². The van der Waals surface area contributed by atoms with Crippen LogP contribution >= 0.6 is 0 Å². The summed E-state index contributed by atoms with van der Waals surface area (Å²) in [6, 6.07) is 23.6. The van der Waals surface area contributed by atoms with Crippen LogP contribution in [0.3, 0.4) is 0 Å². The maximum Gasteiger partial charge on any atom is 0.339 e. The van der Waals surface area contributed by atoms with Crippen LogP contribution in [0.4, 0.5) is 0 Å². The first-order valence-corrected chi connectivity index (χ1v) is 10.7. The SMILES string of the molecule is COC(=O)c1ccc([C@@H]2C[C@H](OCc3ccccc3)[C@@H](COCc3ccccc3)O2)nc1. The largest absolute Gasteiger partial charge is 0.465 e. The van der Waals surface area contributed by atoms with Gasteiger partial charge in [0.1, 0.15) is 12.2 Å². The van der Waals surface area contributed by atoms with Gasteiger partial charge in [-0.2, -0.15) is 0 Å². The van der Waals surface area contributed by atoms with Crippen molar-refractivity contribution >= 4 is 5.97 Å². The number of aromatic nitrogens is 1. The van der Waals surface area contributed by atoms with Gasteiger partial charge in [-0.05, 0) is 23.3 Å². The second-order valence-corrected chi connectivity index (χ2v) is 7.70. The van der Waals surface area contributed by atoms with Crippen LogP contribution in [0.25, 0.3) is 0 Å². The number of hydrogen-bond acceptors (Lipinski definition) is 6. The van der Waals surface area contributed by atoms with Crippen molar-refractivity contribution in [2.75, 3.05) is 13.7 Å². The summed E-state index contributed by atoms with van der Waals surface area (Å²) < 4.78 is 23.2. The third-order valence-electron chi connectivity index (χ3n) is 5.44. The van der Waals surface area contributed by atoms with Gasteiger partial charge in [0, 0.05) is 12.6 Å². The molecule has 1 saturated heterocycles. The number of hydrogen-bond donors (Lipinski definition) is 0. The van der Waals surface area contributed by atoms with Gasteiger partial charge >= 0.3 is 5.97 Å². The number of carbonyl (C=O) groups excluding carboxylic acids is 1. The summed E-state index contributed by atoms with van der Waals surface area (Å²) in [5.74, 6) is -0.410. The van der Waals surface area contributed by atoms with Crippen LogP contribution in [-0.4, -0.2) is 36.9 Å². The average molecular weight is 434 g/mol. The number of esters is 1. The molecule has 0 radical (unpaired) electrons. The zero-order valence-corrected chi connectivity index (χ0v) is 18.1. The first-order valence-electron chi connectivity index (χ1n) is 10.7. The van der Waals surface area contributed by atoms with Crippen LogP contribution in [-0.2, 0) is 32.2 Å². The van der Waals surface area contributed by atoms with Gasteiger partial charge in [0.25, 0.3) is 0 Å². The summed E-state index contributed by atoms with van der Waals surface area (Å²) in [6.45, 7) is 1.44. The molecule has 3 atom stereocenters. The van der Waals surface area contributed by atoms with Crippen LogP contribution in [0.15, 0.2) is 79.0 Å². The van der Waals surface area contributed by atoms with E-state index in [-0.39, 0.29) is 18.3 Å². The molecule has 1 aliphatic heterocycles. The molecule has 0 amide bonds. The lowest BCUT2D eigenvalue weighted by Gasteiger charge is -2.19. The molecule has 6 nitrogen and oxygen atoms in total. The van der Waals surface area contributed by atoms with Gasteiger partial charge in [-0.15, -0.1) is 0 Å². The van der Waals surface area contributed by atoms with Gasteiger partial charge in [-0.25, -0.2) is 4.79 Å².